The largest absolute Gasteiger partial charge is 0.496 e. The molecule has 204 valence electrons. The summed E-state index contributed by atoms with van der Waals surface area (Å²) in [4.78, 5) is 58.2. The Kier molecular flexibility index (Phi) is 6.66. The predicted molar refractivity (Wildman–Crippen MR) is 138 cm³/mol. The topological polar surface area (TPSA) is 147 Å². The second kappa shape index (κ2) is 10.3. The number of ketones is 2. The zero-order chi connectivity index (χ0) is 27.1. The van der Waals surface area contributed by atoms with Crippen molar-refractivity contribution in [3.8, 4) is 5.75 Å². The van der Waals surface area contributed by atoms with Gasteiger partial charge in [-0.25, -0.2) is 0 Å². The SMILES string of the molecule is COc1cccc2[nH]c(C(=O)N3C[C@@H]4CCC[C@@H]4[C@H]3C(=O)N[C@@H](C[C@@H]3CCCC3=O)C(=O)c3nnco3)cc12. The highest BCUT2D eigenvalue weighted by Crippen LogP contribution is 2.43. The fourth-order valence-corrected chi connectivity index (χ4v) is 6.77. The number of hydrogen-bond acceptors (Lipinski definition) is 8. The molecule has 2 saturated carbocycles. The molecule has 1 aromatic carbocycles. The lowest BCUT2D eigenvalue weighted by Gasteiger charge is -2.29. The summed E-state index contributed by atoms with van der Waals surface area (Å²) in [5, 5.41) is 11.0. The van der Waals surface area contributed by atoms with Crippen molar-refractivity contribution in [3.63, 3.8) is 0 Å². The van der Waals surface area contributed by atoms with Crippen LogP contribution >= 0.6 is 0 Å². The molecule has 2 aromatic heterocycles. The van der Waals surface area contributed by atoms with Gasteiger partial charge >= 0.3 is 0 Å². The van der Waals surface area contributed by atoms with Crippen LogP contribution in [0.1, 0.15) is 66.1 Å². The van der Waals surface area contributed by atoms with Gasteiger partial charge in [0.1, 0.15) is 23.3 Å². The summed E-state index contributed by atoms with van der Waals surface area (Å²) in [6, 6.07) is 5.58. The lowest BCUT2D eigenvalue weighted by molar-refractivity contribution is -0.127. The molecule has 3 fully saturated rings. The summed E-state index contributed by atoms with van der Waals surface area (Å²) in [6.45, 7) is 0.470. The number of benzene rings is 1. The third-order valence-electron chi connectivity index (χ3n) is 8.65. The molecule has 6 rings (SSSR count). The molecule has 1 saturated heterocycles. The van der Waals surface area contributed by atoms with Crippen LogP contribution < -0.4 is 10.1 Å². The van der Waals surface area contributed by atoms with Crippen molar-refractivity contribution in [2.24, 2.45) is 17.8 Å². The van der Waals surface area contributed by atoms with Gasteiger partial charge in [-0.05, 0) is 62.1 Å². The Morgan fingerprint density at radius 2 is 2.10 bits per heavy atom. The summed E-state index contributed by atoms with van der Waals surface area (Å²) in [6.07, 6.45) is 5.91. The minimum atomic E-state index is -1.00. The van der Waals surface area contributed by atoms with Gasteiger partial charge in [-0.2, -0.15) is 0 Å². The lowest BCUT2D eigenvalue weighted by Crippen LogP contribution is -2.53. The Labute approximate surface area is 224 Å². The van der Waals surface area contributed by atoms with E-state index in [1.54, 1.807) is 18.1 Å². The smallest absolute Gasteiger partial charge is 0.286 e. The first-order valence-corrected chi connectivity index (χ1v) is 13.5. The van der Waals surface area contributed by atoms with Crippen molar-refractivity contribution in [1.82, 2.24) is 25.4 Å². The number of fused-ring (bicyclic) bond motifs is 2. The molecule has 1 aliphatic heterocycles. The van der Waals surface area contributed by atoms with Gasteiger partial charge in [0.2, 0.25) is 18.1 Å². The molecule has 2 N–H and O–H groups in total. The van der Waals surface area contributed by atoms with E-state index in [1.165, 1.54) is 0 Å². The van der Waals surface area contributed by atoms with E-state index in [1.807, 2.05) is 18.2 Å². The first-order chi connectivity index (χ1) is 18.9. The highest BCUT2D eigenvalue weighted by atomic mass is 16.5. The number of rotatable bonds is 8. The summed E-state index contributed by atoms with van der Waals surface area (Å²) in [7, 11) is 1.58. The molecule has 2 amide bonds. The molecule has 0 radical (unpaired) electrons. The Morgan fingerprint density at radius 3 is 2.85 bits per heavy atom. The molecule has 39 heavy (non-hydrogen) atoms. The minimum absolute atomic E-state index is 0.000124. The second-order valence-corrected chi connectivity index (χ2v) is 10.8. The van der Waals surface area contributed by atoms with Gasteiger partial charge in [-0.3, -0.25) is 19.2 Å². The molecule has 11 heteroatoms. The van der Waals surface area contributed by atoms with E-state index in [0.29, 0.717) is 30.8 Å². The van der Waals surface area contributed by atoms with E-state index >= 15 is 0 Å². The van der Waals surface area contributed by atoms with Gasteiger partial charge < -0.3 is 24.4 Å². The van der Waals surface area contributed by atoms with E-state index in [4.69, 9.17) is 9.15 Å². The molecule has 0 unspecified atom stereocenters. The number of aromatic amines is 1. The molecule has 11 nitrogen and oxygen atoms in total. The van der Waals surface area contributed by atoms with Gasteiger partial charge in [0, 0.05) is 29.8 Å². The quantitative estimate of drug-likeness (QED) is 0.420. The lowest BCUT2D eigenvalue weighted by atomic mass is 9.91. The van der Waals surface area contributed by atoms with Crippen molar-refractivity contribution >= 4 is 34.3 Å². The maximum Gasteiger partial charge on any atom is 0.286 e. The van der Waals surface area contributed by atoms with Crippen LogP contribution in [0, 0.1) is 17.8 Å². The molecular weight excluding hydrogens is 502 g/mol. The maximum atomic E-state index is 13.9. The number of aromatic nitrogens is 3. The van der Waals surface area contributed by atoms with Gasteiger partial charge in [0.05, 0.1) is 13.2 Å². The number of carbonyl (C=O) groups is 4. The van der Waals surface area contributed by atoms with Crippen molar-refractivity contribution < 1.29 is 28.3 Å². The molecule has 3 heterocycles. The summed E-state index contributed by atoms with van der Waals surface area (Å²) >= 11 is 0. The number of nitrogens with zero attached hydrogens (tertiary/aromatic N) is 3. The minimum Gasteiger partial charge on any atom is -0.496 e. The van der Waals surface area contributed by atoms with Crippen LogP contribution in [0.2, 0.25) is 0 Å². The van der Waals surface area contributed by atoms with Crippen LogP contribution in [-0.4, -0.2) is 69.2 Å². The summed E-state index contributed by atoms with van der Waals surface area (Å²) < 4.78 is 10.6. The van der Waals surface area contributed by atoms with Crippen LogP contribution in [0.15, 0.2) is 35.1 Å². The van der Waals surface area contributed by atoms with E-state index in [0.717, 1.165) is 43.0 Å². The van der Waals surface area contributed by atoms with Crippen LogP contribution in [0.4, 0.5) is 0 Å². The number of Topliss-reactive ketones (excluding diaryl/α,β-unsaturated/α-hetero) is 2. The van der Waals surface area contributed by atoms with E-state index in [2.05, 4.69) is 20.5 Å². The second-order valence-electron chi connectivity index (χ2n) is 10.8. The van der Waals surface area contributed by atoms with Gasteiger partial charge in [-0.15, -0.1) is 10.2 Å². The number of hydrogen-bond donors (Lipinski definition) is 2. The molecular formula is C28H31N5O6. The first-order valence-electron chi connectivity index (χ1n) is 13.5. The van der Waals surface area contributed by atoms with Crippen LogP contribution in [0.25, 0.3) is 10.9 Å². The number of H-pyrrole nitrogens is 1. The van der Waals surface area contributed by atoms with Crippen LogP contribution in [0.5, 0.6) is 5.75 Å². The number of methoxy groups -OCH3 is 1. The summed E-state index contributed by atoms with van der Waals surface area (Å²) in [5.41, 5.74) is 1.15. The van der Waals surface area contributed by atoms with Gasteiger partial charge in [-0.1, -0.05) is 12.5 Å². The molecule has 3 aliphatic rings. The molecule has 2 aliphatic carbocycles. The van der Waals surface area contributed by atoms with Crippen LogP contribution in [0.3, 0.4) is 0 Å². The van der Waals surface area contributed by atoms with E-state index in [9.17, 15) is 19.2 Å². The highest BCUT2D eigenvalue weighted by molar-refractivity contribution is 6.03. The van der Waals surface area contributed by atoms with Crippen LogP contribution in [-0.2, 0) is 9.59 Å². The fourth-order valence-electron chi connectivity index (χ4n) is 6.77. The molecule has 3 aromatic rings. The van der Waals surface area contributed by atoms with Crippen molar-refractivity contribution in [1.29, 1.82) is 0 Å². The average molecular weight is 534 g/mol. The van der Waals surface area contributed by atoms with Gasteiger partial charge in [0.25, 0.3) is 11.8 Å². The number of nitrogens with one attached hydrogen (secondary N) is 2. The van der Waals surface area contributed by atoms with Crippen molar-refractivity contribution in [2.45, 2.75) is 57.0 Å². The first kappa shape index (κ1) is 25.3. The third-order valence-corrected chi connectivity index (χ3v) is 8.65. The van der Waals surface area contributed by atoms with Crippen molar-refractivity contribution in [3.05, 3.63) is 42.2 Å². The third kappa shape index (κ3) is 4.59. The zero-order valence-corrected chi connectivity index (χ0v) is 21.7. The van der Waals surface area contributed by atoms with E-state index in [-0.39, 0.29) is 41.8 Å². The number of carbonyl (C=O) groups excluding carboxylic acids is 4. The van der Waals surface area contributed by atoms with Crippen molar-refractivity contribution in [2.75, 3.05) is 13.7 Å². The van der Waals surface area contributed by atoms with E-state index < -0.39 is 23.8 Å². The molecule has 5 atom stereocenters. The standard InChI is InChI=1S/C28H31N5O6/c1-38-23-10-4-8-19-18(23)12-21(30-19)28(37)33-13-16-6-2-7-17(16)24(33)26(36)31-20(11-15-5-3-9-22(15)34)25(35)27-32-29-14-39-27/h4,8,10,12,14-17,20,24,30H,2-3,5-7,9,11,13H2,1H3,(H,31,36)/t15-,16-,17-,20-,24-/m0/s1. The Balaban J connectivity index is 1.28. The number of ether oxygens (including phenoxy) is 1. The fraction of sp³-hybridized carbons (Fsp3) is 0.500. The number of likely N-dealkylation sites (tertiary alicyclic amines) is 1. The number of amides is 2. The normalized spacial score (nSPS) is 25.2. The summed E-state index contributed by atoms with van der Waals surface area (Å²) in [5.74, 6) is -0.759. The molecule has 0 spiro atoms. The Morgan fingerprint density at radius 1 is 1.23 bits per heavy atom. The zero-order valence-electron chi connectivity index (χ0n) is 21.7. The Bertz CT molecular complexity index is 1410. The monoisotopic (exact) mass is 533 g/mol. The average Bonchev–Trinajstić information content (AvgIpc) is 3.75. The maximum absolute atomic E-state index is 13.9. The Hall–Kier alpha value is -4.02. The predicted octanol–water partition coefficient (Wildman–Crippen LogP) is 2.93. The van der Waals surface area contributed by atoms with Gasteiger partial charge in [0.15, 0.2) is 0 Å². The highest BCUT2D eigenvalue weighted by Gasteiger charge is 2.50. The molecule has 0 bridgehead atoms.